The van der Waals surface area contributed by atoms with Gasteiger partial charge in [-0.3, -0.25) is 9.69 Å². The fraction of sp³-hybridized carbons (Fsp3) is 0.462. The van der Waals surface area contributed by atoms with Gasteiger partial charge in [-0.05, 0) is 50.7 Å². The molecule has 0 bridgehead atoms. The van der Waals surface area contributed by atoms with Gasteiger partial charge < -0.3 is 9.80 Å². The van der Waals surface area contributed by atoms with Gasteiger partial charge in [0.15, 0.2) is 0 Å². The van der Waals surface area contributed by atoms with Crippen LogP contribution in [0.3, 0.4) is 0 Å². The first-order valence-electron chi connectivity index (χ1n) is 11.5. The highest BCUT2D eigenvalue weighted by Crippen LogP contribution is 2.38. The van der Waals surface area contributed by atoms with Gasteiger partial charge in [0, 0.05) is 32.2 Å². The average Bonchev–Trinajstić information content (AvgIpc) is 2.99. The lowest BCUT2D eigenvalue weighted by molar-refractivity contribution is -0.136. The van der Waals surface area contributed by atoms with Crippen molar-refractivity contribution in [1.29, 1.82) is 0 Å². The number of likely N-dealkylation sites (tertiary alicyclic amines) is 1. The van der Waals surface area contributed by atoms with E-state index in [0.717, 1.165) is 32.5 Å². The van der Waals surface area contributed by atoms with Gasteiger partial charge in [0.05, 0.1) is 0 Å². The van der Waals surface area contributed by atoms with E-state index < -0.39 is 5.54 Å². The van der Waals surface area contributed by atoms with Crippen molar-refractivity contribution in [3.8, 4) is 0 Å². The van der Waals surface area contributed by atoms with Crippen molar-refractivity contribution < 1.29 is 9.59 Å². The van der Waals surface area contributed by atoms with E-state index in [2.05, 4.69) is 41.3 Å². The van der Waals surface area contributed by atoms with Gasteiger partial charge in [0.2, 0.25) is 0 Å². The van der Waals surface area contributed by atoms with Gasteiger partial charge >= 0.3 is 6.03 Å². The predicted octanol–water partition coefficient (Wildman–Crippen LogP) is 3.98. The summed E-state index contributed by atoms with van der Waals surface area (Å²) in [7, 11) is 0. The predicted molar refractivity (Wildman–Crippen MR) is 123 cm³/mol. The lowest BCUT2D eigenvalue weighted by Crippen LogP contribution is -2.57. The lowest BCUT2D eigenvalue weighted by atomic mass is 9.85. The van der Waals surface area contributed by atoms with Crippen molar-refractivity contribution >= 4 is 11.9 Å². The van der Waals surface area contributed by atoms with Crippen molar-refractivity contribution in [3.63, 3.8) is 0 Å². The number of carbonyl (C=O) groups excluding carboxylic acids is 2. The summed E-state index contributed by atoms with van der Waals surface area (Å²) in [5.74, 6) is 0.00303. The Kier molecular flexibility index (Phi) is 6.42. The minimum absolute atomic E-state index is 0.00303. The number of benzene rings is 2. The molecule has 5 nitrogen and oxygen atoms in total. The molecular weight excluding hydrogens is 386 g/mol. The molecule has 164 valence electrons. The molecule has 0 saturated carbocycles. The first-order valence-corrected chi connectivity index (χ1v) is 11.5. The third-order valence-corrected chi connectivity index (χ3v) is 6.80. The normalized spacial score (nSPS) is 19.1. The van der Waals surface area contributed by atoms with Crippen LogP contribution in [0, 0.1) is 0 Å². The number of hydrogen-bond acceptors (Lipinski definition) is 3. The van der Waals surface area contributed by atoms with Crippen LogP contribution in [0.4, 0.5) is 4.79 Å². The van der Waals surface area contributed by atoms with Crippen molar-refractivity contribution in [2.45, 2.75) is 51.1 Å². The molecule has 2 saturated heterocycles. The minimum atomic E-state index is -0.681. The van der Waals surface area contributed by atoms with E-state index in [9.17, 15) is 9.59 Å². The second-order valence-corrected chi connectivity index (χ2v) is 9.05. The number of carbonyl (C=O) groups is 2. The Morgan fingerprint density at radius 2 is 1.32 bits per heavy atom. The molecule has 3 amide bonds. The Morgan fingerprint density at radius 3 is 1.84 bits per heavy atom. The molecule has 5 heteroatoms. The number of piperidine rings is 1. The molecule has 2 aromatic rings. The van der Waals surface area contributed by atoms with E-state index in [0.29, 0.717) is 19.4 Å². The van der Waals surface area contributed by atoms with Crippen LogP contribution in [0.15, 0.2) is 60.7 Å². The SMILES string of the molecule is CC(C)N1C(=O)N(CCc2ccccc2)C2(CCN(CCc3ccccc3)CC2)C1=O. The fourth-order valence-electron chi connectivity index (χ4n) is 4.95. The quantitative estimate of drug-likeness (QED) is 0.638. The van der Waals surface area contributed by atoms with Crippen LogP contribution in [0.25, 0.3) is 0 Å². The Balaban J connectivity index is 1.45. The first kappa shape index (κ1) is 21.6. The smallest absolute Gasteiger partial charge is 0.309 e. The molecule has 4 rings (SSSR count). The summed E-state index contributed by atoms with van der Waals surface area (Å²) in [6.07, 6.45) is 3.20. The van der Waals surface area contributed by atoms with E-state index in [-0.39, 0.29) is 18.0 Å². The van der Waals surface area contributed by atoms with Crippen molar-refractivity contribution in [2.75, 3.05) is 26.2 Å². The number of amides is 3. The third-order valence-electron chi connectivity index (χ3n) is 6.80. The molecule has 0 unspecified atom stereocenters. The van der Waals surface area contributed by atoms with Crippen LogP contribution in [-0.4, -0.2) is 64.4 Å². The lowest BCUT2D eigenvalue weighted by Gasteiger charge is -2.42. The van der Waals surface area contributed by atoms with E-state index in [1.807, 2.05) is 43.0 Å². The standard InChI is InChI=1S/C26H33N3O2/c1-21(2)29-24(30)26(28(25(29)31)18-14-23-11-7-4-8-12-23)15-19-27(20-16-26)17-13-22-9-5-3-6-10-22/h3-12,21H,13-20H2,1-2H3. The highest BCUT2D eigenvalue weighted by molar-refractivity contribution is 6.07. The maximum absolute atomic E-state index is 13.5. The summed E-state index contributed by atoms with van der Waals surface area (Å²) in [5.41, 5.74) is 1.85. The number of imide groups is 1. The summed E-state index contributed by atoms with van der Waals surface area (Å²) >= 11 is 0. The molecule has 31 heavy (non-hydrogen) atoms. The zero-order chi connectivity index (χ0) is 21.8. The van der Waals surface area contributed by atoms with Gasteiger partial charge in [-0.1, -0.05) is 60.7 Å². The van der Waals surface area contributed by atoms with Crippen LogP contribution in [0.5, 0.6) is 0 Å². The first-order chi connectivity index (χ1) is 15.0. The molecule has 2 fully saturated rings. The van der Waals surface area contributed by atoms with Gasteiger partial charge in [-0.2, -0.15) is 0 Å². The zero-order valence-corrected chi connectivity index (χ0v) is 18.7. The van der Waals surface area contributed by atoms with Crippen LogP contribution >= 0.6 is 0 Å². The molecule has 0 aliphatic carbocycles. The molecule has 2 heterocycles. The molecule has 0 N–H and O–H groups in total. The Hall–Kier alpha value is -2.66. The van der Waals surface area contributed by atoms with Gasteiger partial charge in [-0.15, -0.1) is 0 Å². The maximum Gasteiger partial charge on any atom is 0.327 e. The molecule has 0 radical (unpaired) electrons. The van der Waals surface area contributed by atoms with Gasteiger partial charge in [0.25, 0.3) is 5.91 Å². The number of rotatable bonds is 7. The molecule has 0 aromatic heterocycles. The minimum Gasteiger partial charge on any atom is -0.309 e. The summed E-state index contributed by atoms with van der Waals surface area (Å²) in [6, 6.07) is 20.5. The second-order valence-electron chi connectivity index (χ2n) is 9.05. The van der Waals surface area contributed by atoms with Crippen molar-refractivity contribution in [2.24, 2.45) is 0 Å². The monoisotopic (exact) mass is 419 g/mol. The Labute approximate surface area is 185 Å². The highest BCUT2D eigenvalue weighted by atomic mass is 16.2. The van der Waals surface area contributed by atoms with E-state index in [1.54, 1.807) is 0 Å². The molecule has 2 aliphatic rings. The molecular formula is C26H33N3O2. The summed E-state index contributed by atoms with van der Waals surface area (Å²) in [6.45, 7) is 7.12. The van der Waals surface area contributed by atoms with Crippen LogP contribution in [-0.2, 0) is 17.6 Å². The third kappa shape index (κ3) is 4.38. The van der Waals surface area contributed by atoms with Gasteiger partial charge in [-0.25, -0.2) is 4.79 Å². The summed E-state index contributed by atoms with van der Waals surface area (Å²) < 4.78 is 0. The molecule has 0 atom stereocenters. The largest absolute Gasteiger partial charge is 0.327 e. The van der Waals surface area contributed by atoms with E-state index in [1.165, 1.54) is 16.0 Å². The van der Waals surface area contributed by atoms with Crippen molar-refractivity contribution in [3.05, 3.63) is 71.8 Å². The zero-order valence-electron chi connectivity index (χ0n) is 18.7. The Morgan fingerprint density at radius 1 is 0.806 bits per heavy atom. The summed E-state index contributed by atoms with van der Waals surface area (Å²) in [4.78, 5) is 32.6. The topological polar surface area (TPSA) is 43.9 Å². The summed E-state index contributed by atoms with van der Waals surface area (Å²) in [5, 5.41) is 0. The highest BCUT2D eigenvalue weighted by Gasteiger charge is 2.58. The Bertz CT molecular complexity index is 889. The van der Waals surface area contributed by atoms with Crippen LogP contribution in [0.2, 0.25) is 0 Å². The average molecular weight is 420 g/mol. The number of hydrogen-bond donors (Lipinski definition) is 0. The van der Waals surface area contributed by atoms with Crippen LogP contribution < -0.4 is 0 Å². The van der Waals surface area contributed by atoms with E-state index in [4.69, 9.17) is 0 Å². The van der Waals surface area contributed by atoms with E-state index >= 15 is 0 Å². The fourth-order valence-corrected chi connectivity index (χ4v) is 4.95. The molecule has 1 spiro atoms. The number of nitrogens with zero attached hydrogens (tertiary/aromatic N) is 3. The van der Waals surface area contributed by atoms with Gasteiger partial charge in [0.1, 0.15) is 5.54 Å². The number of urea groups is 1. The second kappa shape index (κ2) is 9.23. The van der Waals surface area contributed by atoms with Crippen molar-refractivity contribution in [1.82, 2.24) is 14.7 Å². The molecule has 2 aliphatic heterocycles. The maximum atomic E-state index is 13.5. The van der Waals surface area contributed by atoms with Crippen LogP contribution in [0.1, 0.15) is 37.8 Å². The molecule has 2 aromatic carbocycles.